The molecule has 1 fully saturated rings. The summed E-state index contributed by atoms with van der Waals surface area (Å²) in [6.07, 6.45) is 6.94. The van der Waals surface area contributed by atoms with Crippen molar-refractivity contribution >= 4 is 0 Å². The summed E-state index contributed by atoms with van der Waals surface area (Å²) in [4.78, 5) is 0. The van der Waals surface area contributed by atoms with Crippen molar-refractivity contribution in [1.29, 1.82) is 0 Å². The smallest absolute Gasteiger partial charge is 0.0246 e. The van der Waals surface area contributed by atoms with Gasteiger partial charge in [-0.3, -0.25) is 0 Å². The molecule has 65 valence electrons. The highest BCUT2D eigenvalue weighted by molar-refractivity contribution is 4.76. The molecule has 0 heterocycles. The van der Waals surface area contributed by atoms with E-state index in [4.69, 9.17) is 0 Å². The molecule has 0 aliphatic heterocycles. The van der Waals surface area contributed by atoms with Gasteiger partial charge in [-0.25, -0.2) is 5.32 Å². The Bertz CT molecular complexity index is 95.0. The van der Waals surface area contributed by atoms with E-state index in [9.17, 15) is 0 Å². The summed E-state index contributed by atoms with van der Waals surface area (Å²) in [5.74, 6) is 0.918. The van der Waals surface area contributed by atoms with Crippen molar-refractivity contribution < 1.29 is 0 Å². The Kier molecular flexibility index (Phi) is 3.92. The van der Waals surface area contributed by atoms with E-state index in [1.807, 2.05) is 0 Å². The Labute approximate surface area is 70.6 Å². The molecule has 11 heavy (non-hydrogen) atoms. The zero-order valence-corrected chi connectivity index (χ0v) is 7.84. The molecule has 0 bridgehead atoms. The second-order valence-electron chi connectivity index (χ2n) is 3.69. The zero-order valence-electron chi connectivity index (χ0n) is 7.84. The van der Waals surface area contributed by atoms with Crippen LogP contribution in [0.5, 0.6) is 0 Å². The normalized spacial score (nSPS) is 22.4. The average molecular weight is 154 g/mol. The molecule has 1 rings (SSSR count). The molecular weight excluding hydrogens is 134 g/mol. The molecule has 1 nitrogen and oxygen atoms in total. The third kappa shape index (κ3) is 2.82. The number of rotatable bonds is 4. The van der Waals surface area contributed by atoms with Crippen molar-refractivity contribution in [3.05, 3.63) is 0 Å². The molecule has 0 spiro atoms. The Morgan fingerprint density at radius 2 is 2.00 bits per heavy atom. The van der Waals surface area contributed by atoms with Gasteiger partial charge in [-0.15, -0.1) is 0 Å². The van der Waals surface area contributed by atoms with Gasteiger partial charge in [-0.1, -0.05) is 19.8 Å². The second-order valence-corrected chi connectivity index (χ2v) is 3.69. The molecule has 1 unspecified atom stereocenters. The van der Waals surface area contributed by atoms with Crippen molar-refractivity contribution in [3.8, 4) is 0 Å². The van der Waals surface area contributed by atoms with Crippen molar-refractivity contribution in [3.63, 3.8) is 0 Å². The Hall–Kier alpha value is -0.0400. The lowest BCUT2D eigenvalue weighted by Gasteiger charge is -2.17. The summed E-state index contributed by atoms with van der Waals surface area (Å²) in [6, 6.07) is 0.637. The lowest BCUT2D eigenvalue weighted by atomic mass is 10.00. The SMILES string of the molecule is CCC[N]C(C)C1CCCC1. The van der Waals surface area contributed by atoms with Gasteiger partial charge in [0, 0.05) is 12.6 Å². The maximum absolute atomic E-state index is 4.62. The van der Waals surface area contributed by atoms with Crippen LogP contribution in [-0.2, 0) is 0 Å². The van der Waals surface area contributed by atoms with Crippen molar-refractivity contribution in [2.45, 2.75) is 52.0 Å². The Balaban J connectivity index is 2.12. The molecule has 1 aliphatic rings. The maximum Gasteiger partial charge on any atom is 0.0246 e. The summed E-state index contributed by atoms with van der Waals surface area (Å²) in [5.41, 5.74) is 0. The minimum atomic E-state index is 0.637. The van der Waals surface area contributed by atoms with Gasteiger partial charge in [0.15, 0.2) is 0 Å². The molecule has 0 amide bonds. The molecule has 0 aromatic rings. The molecule has 1 atom stereocenters. The molecule has 1 heteroatoms. The van der Waals surface area contributed by atoms with Gasteiger partial charge in [-0.05, 0) is 32.1 Å². The van der Waals surface area contributed by atoms with E-state index in [-0.39, 0.29) is 0 Å². The molecule has 1 saturated carbocycles. The number of hydrogen-bond acceptors (Lipinski definition) is 0. The minimum Gasteiger partial charge on any atom is -0.238 e. The largest absolute Gasteiger partial charge is 0.238 e. The topological polar surface area (TPSA) is 14.1 Å². The maximum atomic E-state index is 4.62. The monoisotopic (exact) mass is 154 g/mol. The first-order chi connectivity index (χ1) is 5.34. The second kappa shape index (κ2) is 4.76. The third-order valence-electron chi connectivity index (χ3n) is 2.72. The van der Waals surface area contributed by atoms with Crippen molar-refractivity contribution in [1.82, 2.24) is 5.32 Å². The molecule has 0 saturated heterocycles. The molecule has 1 radical (unpaired) electrons. The van der Waals surface area contributed by atoms with Crippen LogP contribution in [0, 0.1) is 5.92 Å². The quantitative estimate of drug-likeness (QED) is 0.591. The fraction of sp³-hybridized carbons (Fsp3) is 1.00. The summed E-state index contributed by atoms with van der Waals surface area (Å²) < 4.78 is 0. The molecule has 0 aromatic carbocycles. The van der Waals surface area contributed by atoms with Gasteiger partial charge >= 0.3 is 0 Å². The van der Waals surface area contributed by atoms with Crippen LogP contribution in [0.4, 0.5) is 0 Å². The van der Waals surface area contributed by atoms with Crippen LogP contribution in [-0.4, -0.2) is 12.6 Å². The Morgan fingerprint density at radius 1 is 1.36 bits per heavy atom. The highest BCUT2D eigenvalue weighted by Gasteiger charge is 2.21. The predicted molar refractivity (Wildman–Crippen MR) is 48.7 cm³/mol. The minimum absolute atomic E-state index is 0.637. The summed E-state index contributed by atoms with van der Waals surface area (Å²) in [6.45, 7) is 5.55. The van der Waals surface area contributed by atoms with Crippen LogP contribution in [0.25, 0.3) is 0 Å². The Morgan fingerprint density at radius 3 is 2.55 bits per heavy atom. The third-order valence-corrected chi connectivity index (χ3v) is 2.72. The lowest BCUT2D eigenvalue weighted by molar-refractivity contribution is 0.376. The van der Waals surface area contributed by atoms with Crippen LogP contribution in [0.15, 0.2) is 0 Å². The van der Waals surface area contributed by atoms with E-state index >= 15 is 0 Å². The van der Waals surface area contributed by atoms with E-state index in [0.29, 0.717) is 6.04 Å². The first-order valence-electron chi connectivity index (χ1n) is 5.01. The fourth-order valence-electron chi connectivity index (χ4n) is 1.92. The highest BCUT2D eigenvalue weighted by atomic mass is 14.9. The van der Waals surface area contributed by atoms with Crippen LogP contribution in [0.1, 0.15) is 46.0 Å². The van der Waals surface area contributed by atoms with Gasteiger partial charge in [0.1, 0.15) is 0 Å². The van der Waals surface area contributed by atoms with Gasteiger partial charge in [0.05, 0.1) is 0 Å². The van der Waals surface area contributed by atoms with Gasteiger partial charge in [0.25, 0.3) is 0 Å². The number of nitrogens with zero attached hydrogens (tertiary/aromatic N) is 1. The summed E-state index contributed by atoms with van der Waals surface area (Å²) in [7, 11) is 0. The van der Waals surface area contributed by atoms with E-state index in [1.54, 1.807) is 0 Å². The van der Waals surface area contributed by atoms with Gasteiger partial charge in [-0.2, -0.15) is 0 Å². The van der Waals surface area contributed by atoms with E-state index in [0.717, 1.165) is 12.5 Å². The van der Waals surface area contributed by atoms with E-state index in [1.165, 1.54) is 32.1 Å². The molecule has 0 N–H and O–H groups in total. The average Bonchev–Trinajstić information content (AvgIpc) is 2.52. The van der Waals surface area contributed by atoms with Crippen LogP contribution < -0.4 is 5.32 Å². The zero-order chi connectivity index (χ0) is 8.10. The van der Waals surface area contributed by atoms with Crippen LogP contribution in [0.2, 0.25) is 0 Å². The summed E-state index contributed by atoms with van der Waals surface area (Å²) >= 11 is 0. The van der Waals surface area contributed by atoms with Crippen molar-refractivity contribution in [2.75, 3.05) is 6.54 Å². The van der Waals surface area contributed by atoms with E-state index in [2.05, 4.69) is 19.2 Å². The van der Waals surface area contributed by atoms with Crippen LogP contribution >= 0.6 is 0 Å². The number of hydrogen-bond donors (Lipinski definition) is 0. The molecule has 1 aliphatic carbocycles. The van der Waals surface area contributed by atoms with Gasteiger partial charge in [0.2, 0.25) is 0 Å². The highest BCUT2D eigenvalue weighted by Crippen LogP contribution is 2.27. The van der Waals surface area contributed by atoms with E-state index < -0.39 is 0 Å². The summed E-state index contributed by atoms with van der Waals surface area (Å²) in [5, 5.41) is 4.62. The lowest BCUT2D eigenvalue weighted by Crippen LogP contribution is -2.26. The molecule has 0 aromatic heterocycles. The van der Waals surface area contributed by atoms with Crippen LogP contribution in [0.3, 0.4) is 0 Å². The van der Waals surface area contributed by atoms with Crippen molar-refractivity contribution in [2.24, 2.45) is 5.92 Å². The predicted octanol–water partition coefficient (Wildman–Crippen LogP) is 2.58. The fourth-order valence-corrected chi connectivity index (χ4v) is 1.92. The first kappa shape index (κ1) is 9.05. The van der Waals surface area contributed by atoms with Gasteiger partial charge < -0.3 is 0 Å². The standard InChI is InChI=1S/C10H20N/c1-3-8-11-9(2)10-6-4-5-7-10/h9-10H,3-8H2,1-2H3. The first-order valence-corrected chi connectivity index (χ1v) is 5.01. The molecular formula is C10H20N.